The number of aliphatic hydroxyl groups excluding tert-OH is 1. The fourth-order valence-corrected chi connectivity index (χ4v) is 3.18. The number of aliphatic hydroxyl groups is 1. The number of amides is 1. The number of fused-ring (bicyclic) bond motifs is 1. The summed E-state index contributed by atoms with van der Waals surface area (Å²) in [4.78, 5) is 15.9. The van der Waals surface area contributed by atoms with E-state index in [0.717, 1.165) is 11.2 Å². The van der Waals surface area contributed by atoms with Gasteiger partial charge in [-0.25, -0.2) is 0 Å². The Balaban J connectivity index is 2.28. The number of carbonyl (C=O) groups excluding carboxylic acids is 1. The van der Waals surface area contributed by atoms with E-state index in [4.69, 9.17) is 15.6 Å². The highest BCUT2D eigenvalue weighted by Gasteiger charge is 2.45. The highest BCUT2D eigenvalue weighted by molar-refractivity contribution is 5.96. The number of primary amides is 1. The summed E-state index contributed by atoms with van der Waals surface area (Å²) >= 11 is 0. The van der Waals surface area contributed by atoms with Gasteiger partial charge >= 0.3 is 0 Å². The van der Waals surface area contributed by atoms with Crippen LogP contribution in [0.4, 0.5) is 0 Å². The van der Waals surface area contributed by atoms with Gasteiger partial charge in [-0.05, 0) is 33.3 Å². The number of rotatable bonds is 4. The van der Waals surface area contributed by atoms with Crippen molar-refractivity contribution in [1.29, 1.82) is 0 Å². The lowest BCUT2D eigenvalue weighted by Gasteiger charge is -2.28. The number of aromatic nitrogens is 3. The molecule has 1 amide bonds. The second kappa shape index (κ2) is 5.58. The molecular formula is C16H22N4O3. The van der Waals surface area contributed by atoms with Crippen molar-refractivity contribution in [1.82, 2.24) is 14.8 Å². The van der Waals surface area contributed by atoms with Gasteiger partial charge in [-0.3, -0.25) is 14.5 Å². The van der Waals surface area contributed by atoms with E-state index in [1.807, 2.05) is 18.5 Å². The van der Waals surface area contributed by atoms with E-state index in [-0.39, 0.29) is 6.04 Å². The Morgan fingerprint density at radius 3 is 2.74 bits per heavy atom. The van der Waals surface area contributed by atoms with E-state index >= 15 is 0 Å². The first-order valence-corrected chi connectivity index (χ1v) is 7.81. The van der Waals surface area contributed by atoms with Crippen molar-refractivity contribution in [3.63, 3.8) is 0 Å². The molecule has 23 heavy (non-hydrogen) atoms. The molecule has 2 aromatic rings. The summed E-state index contributed by atoms with van der Waals surface area (Å²) in [7, 11) is 0. The highest BCUT2D eigenvalue weighted by atomic mass is 16.5. The van der Waals surface area contributed by atoms with Gasteiger partial charge in [-0.1, -0.05) is 0 Å². The fraction of sp³-hybridized carbons (Fsp3) is 0.562. The minimum atomic E-state index is -0.610. The predicted molar refractivity (Wildman–Crippen MR) is 85.2 cm³/mol. The average Bonchev–Trinajstić information content (AvgIpc) is 3.11. The molecule has 0 unspecified atom stereocenters. The first kappa shape index (κ1) is 15.9. The minimum absolute atomic E-state index is 0.0875. The topological polar surface area (TPSA) is 103 Å². The molecule has 0 aliphatic carbocycles. The summed E-state index contributed by atoms with van der Waals surface area (Å²) in [5.41, 5.74) is 7.31. The van der Waals surface area contributed by atoms with Crippen LogP contribution in [0.15, 0.2) is 12.3 Å². The average molecular weight is 318 g/mol. The molecular weight excluding hydrogens is 296 g/mol. The van der Waals surface area contributed by atoms with E-state index in [1.165, 1.54) is 6.20 Å². The van der Waals surface area contributed by atoms with E-state index in [1.54, 1.807) is 13.0 Å². The molecule has 7 nitrogen and oxygen atoms in total. The lowest BCUT2D eigenvalue weighted by atomic mass is 9.78. The zero-order valence-electron chi connectivity index (χ0n) is 13.6. The van der Waals surface area contributed by atoms with Gasteiger partial charge in [0.05, 0.1) is 34.9 Å². The van der Waals surface area contributed by atoms with Gasteiger partial charge in [0.1, 0.15) is 5.52 Å². The van der Waals surface area contributed by atoms with Crippen LogP contribution in [0.3, 0.4) is 0 Å². The van der Waals surface area contributed by atoms with Crippen LogP contribution in [0.2, 0.25) is 0 Å². The van der Waals surface area contributed by atoms with Crippen LogP contribution >= 0.6 is 0 Å². The van der Waals surface area contributed by atoms with Crippen LogP contribution in [0.25, 0.3) is 11.0 Å². The zero-order chi connectivity index (χ0) is 16.8. The first-order valence-electron chi connectivity index (χ1n) is 7.81. The zero-order valence-corrected chi connectivity index (χ0v) is 13.6. The van der Waals surface area contributed by atoms with Crippen molar-refractivity contribution in [2.45, 2.75) is 44.8 Å². The molecule has 0 spiro atoms. The minimum Gasteiger partial charge on any atom is -0.392 e. The molecule has 3 N–H and O–H groups in total. The second-order valence-corrected chi connectivity index (χ2v) is 6.48. The molecule has 1 saturated heterocycles. The molecule has 3 rings (SSSR count). The van der Waals surface area contributed by atoms with Crippen LogP contribution in [0, 0.1) is 0 Å². The van der Waals surface area contributed by atoms with E-state index in [2.05, 4.69) is 4.98 Å². The third-order valence-corrected chi connectivity index (χ3v) is 4.64. The van der Waals surface area contributed by atoms with E-state index in [9.17, 15) is 9.90 Å². The van der Waals surface area contributed by atoms with Crippen LogP contribution in [-0.4, -0.2) is 45.1 Å². The molecule has 7 heteroatoms. The van der Waals surface area contributed by atoms with Crippen LogP contribution < -0.4 is 5.73 Å². The number of ether oxygens (including phenoxy) is 1. The fourth-order valence-electron chi connectivity index (χ4n) is 3.18. The molecule has 3 heterocycles. The Morgan fingerprint density at radius 1 is 1.48 bits per heavy atom. The smallest absolute Gasteiger partial charge is 0.250 e. The standard InChI is InChI=1S/C16H22N4O3/c1-9(2)20-12-6-11(15(17)22)7-18-13(12)14(19-20)16(10(3)21)4-5-23-8-16/h6-7,9-10,21H,4-5,8H2,1-3H3,(H2,17,22)/t10-,16+/m0/s1. The van der Waals surface area contributed by atoms with Gasteiger partial charge in [0.15, 0.2) is 0 Å². The molecule has 2 atom stereocenters. The van der Waals surface area contributed by atoms with Gasteiger partial charge in [-0.2, -0.15) is 5.10 Å². The van der Waals surface area contributed by atoms with Crippen LogP contribution in [-0.2, 0) is 10.2 Å². The molecule has 124 valence electrons. The Hall–Kier alpha value is -1.99. The molecule has 0 radical (unpaired) electrons. The monoisotopic (exact) mass is 318 g/mol. The van der Waals surface area contributed by atoms with Crippen molar-refractivity contribution in [2.75, 3.05) is 13.2 Å². The lowest BCUT2D eigenvalue weighted by Crippen LogP contribution is -2.39. The number of pyridine rings is 1. The number of nitrogens with two attached hydrogens (primary N) is 1. The Labute approximate surface area is 134 Å². The summed E-state index contributed by atoms with van der Waals surface area (Å²) in [6.45, 7) is 6.77. The largest absolute Gasteiger partial charge is 0.392 e. The van der Waals surface area contributed by atoms with Crippen molar-refractivity contribution in [2.24, 2.45) is 5.73 Å². The van der Waals surface area contributed by atoms with Gasteiger partial charge < -0.3 is 15.6 Å². The Kier molecular flexibility index (Phi) is 3.85. The van der Waals surface area contributed by atoms with Crippen LogP contribution in [0.5, 0.6) is 0 Å². The van der Waals surface area contributed by atoms with Gasteiger partial charge in [0.2, 0.25) is 5.91 Å². The maximum atomic E-state index is 11.5. The summed E-state index contributed by atoms with van der Waals surface area (Å²) in [5, 5.41) is 15.1. The van der Waals surface area contributed by atoms with Gasteiger partial charge in [0.25, 0.3) is 0 Å². The van der Waals surface area contributed by atoms with E-state index in [0.29, 0.717) is 30.7 Å². The maximum Gasteiger partial charge on any atom is 0.250 e. The molecule has 0 aromatic carbocycles. The second-order valence-electron chi connectivity index (χ2n) is 6.48. The van der Waals surface area contributed by atoms with Crippen molar-refractivity contribution in [3.8, 4) is 0 Å². The lowest BCUT2D eigenvalue weighted by molar-refractivity contribution is 0.0766. The number of hydrogen-bond donors (Lipinski definition) is 2. The van der Waals surface area contributed by atoms with Crippen molar-refractivity contribution in [3.05, 3.63) is 23.5 Å². The maximum absolute atomic E-state index is 11.5. The SMILES string of the molecule is CC(C)n1nc([C@]2([C@H](C)O)CCOC2)c2ncc(C(N)=O)cc21. The van der Waals surface area contributed by atoms with Crippen molar-refractivity contribution >= 4 is 16.9 Å². The third kappa shape index (κ3) is 2.40. The molecule has 1 aliphatic heterocycles. The number of hydrogen-bond acceptors (Lipinski definition) is 5. The summed E-state index contributed by atoms with van der Waals surface area (Å²) in [6.07, 6.45) is 1.54. The summed E-state index contributed by atoms with van der Waals surface area (Å²) < 4.78 is 7.37. The van der Waals surface area contributed by atoms with Crippen LogP contribution in [0.1, 0.15) is 49.3 Å². The third-order valence-electron chi connectivity index (χ3n) is 4.64. The molecule has 1 aliphatic rings. The Bertz CT molecular complexity index is 745. The normalized spacial score (nSPS) is 22.8. The molecule has 2 aromatic heterocycles. The summed E-state index contributed by atoms with van der Waals surface area (Å²) in [5.74, 6) is -0.521. The summed E-state index contributed by atoms with van der Waals surface area (Å²) in [6, 6.07) is 1.80. The Morgan fingerprint density at radius 2 is 2.22 bits per heavy atom. The first-order chi connectivity index (χ1) is 10.9. The predicted octanol–water partition coefficient (Wildman–Crippen LogP) is 1.15. The highest BCUT2D eigenvalue weighted by Crippen LogP contribution is 2.39. The van der Waals surface area contributed by atoms with E-state index < -0.39 is 17.4 Å². The number of nitrogens with zero attached hydrogens (tertiary/aromatic N) is 3. The molecule has 0 saturated carbocycles. The number of carbonyl (C=O) groups is 1. The molecule has 1 fully saturated rings. The van der Waals surface area contributed by atoms with Gasteiger partial charge in [0, 0.05) is 18.8 Å². The quantitative estimate of drug-likeness (QED) is 0.880. The molecule has 0 bridgehead atoms. The van der Waals surface area contributed by atoms with Gasteiger partial charge in [-0.15, -0.1) is 0 Å². The van der Waals surface area contributed by atoms with Crippen molar-refractivity contribution < 1.29 is 14.6 Å².